The highest BCUT2D eigenvalue weighted by Gasteiger charge is 2.38. The van der Waals surface area contributed by atoms with E-state index in [1.807, 2.05) is 19.9 Å². The molecule has 1 atom stereocenters. The van der Waals surface area contributed by atoms with Crippen molar-refractivity contribution in [2.24, 2.45) is 17.3 Å². The lowest BCUT2D eigenvalue weighted by Gasteiger charge is -2.33. The fraction of sp³-hybridized carbons (Fsp3) is 0.611. The highest BCUT2D eigenvalue weighted by molar-refractivity contribution is 5.77. The second-order valence-corrected chi connectivity index (χ2v) is 5.81. The Morgan fingerprint density at radius 2 is 1.75 bits per heavy atom. The zero-order valence-corrected chi connectivity index (χ0v) is 14.2. The summed E-state index contributed by atoms with van der Waals surface area (Å²) in [5, 5.41) is 0. The molecule has 0 bridgehead atoms. The van der Waals surface area contributed by atoms with E-state index in [1.165, 1.54) is 0 Å². The van der Waals surface area contributed by atoms with Crippen molar-refractivity contribution in [3.63, 3.8) is 0 Å². The van der Waals surface area contributed by atoms with E-state index in [9.17, 15) is 4.79 Å². The topological polar surface area (TPSA) is 26.3 Å². The standard InChI is InChI=1S/C16H28O2.C2H4/c1-8-14(9-2)11-18-15(17)16(7,13(5)6)10-12(3)4;1-2/h8-9,12-13H,1,10-11H2,2-7H3;1-2H2/b14-9+;. The Bertz CT molecular complexity index is 326. The minimum atomic E-state index is -0.409. The number of carbonyl (C=O) groups is 1. The third-order valence-electron chi connectivity index (χ3n) is 3.58. The van der Waals surface area contributed by atoms with Gasteiger partial charge in [0, 0.05) is 0 Å². The average molecular weight is 280 g/mol. The lowest BCUT2D eigenvalue weighted by atomic mass is 9.73. The van der Waals surface area contributed by atoms with Crippen LogP contribution in [0.3, 0.4) is 0 Å². The molecule has 0 aliphatic carbocycles. The molecule has 116 valence electrons. The summed E-state index contributed by atoms with van der Waals surface area (Å²) in [6, 6.07) is 0. The van der Waals surface area contributed by atoms with Gasteiger partial charge in [0.05, 0.1) is 5.41 Å². The van der Waals surface area contributed by atoms with Gasteiger partial charge < -0.3 is 4.74 Å². The molecule has 0 aliphatic heterocycles. The van der Waals surface area contributed by atoms with Gasteiger partial charge in [-0.2, -0.15) is 0 Å². The molecule has 0 amide bonds. The Labute approximate surface area is 125 Å². The van der Waals surface area contributed by atoms with Crippen molar-refractivity contribution in [2.45, 2.75) is 48.0 Å². The number of allylic oxidation sites excluding steroid dienone is 1. The first-order valence-corrected chi connectivity index (χ1v) is 7.22. The van der Waals surface area contributed by atoms with Gasteiger partial charge in [0.15, 0.2) is 0 Å². The largest absolute Gasteiger partial charge is 0.460 e. The summed E-state index contributed by atoms with van der Waals surface area (Å²) in [7, 11) is 0. The molecule has 0 radical (unpaired) electrons. The first-order valence-electron chi connectivity index (χ1n) is 7.22. The van der Waals surface area contributed by atoms with Crippen molar-refractivity contribution >= 4 is 5.97 Å². The fourth-order valence-corrected chi connectivity index (χ4v) is 1.98. The predicted molar refractivity (Wildman–Crippen MR) is 88.6 cm³/mol. The van der Waals surface area contributed by atoms with Gasteiger partial charge in [0.25, 0.3) is 0 Å². The predicted octanol–water partition coefficient (Wildman–Crippen LogP) is 5.17. The number of esters is 1. The molecule has 0 aromatic heterocycles. The third-order valence-corrected chi connectivity index (χ3v) is 3.58. The van der Waals surface area contributed by atoms with Crippen molar-refractivity contribution in [1.82, 2.24) is 0 Å². The summed E-state index contributed by atoms with van der Waals surface area (Å²) in [4.78, 5) is 12.3. The van der Waals surface area contributed by atoms with E-state index in [-0.39, 0.29) is 11.9 Å². The van der Waals surface area contributed by atoms with Crippen LogP contribution in [-0.4, -0.2) is 12.6 Å². The van der Waals surface area contributed by atoms with Gasteiger partial charge in [-0.25, -0.2) is 0 Å². The van der Waals surface area contributed by atoms with Crippen molar-refractivity contribution in [3.05, 3.63) is 37.5 Å². The van der Waals surface area contributed by atoms with E-state index >= 15 is 0 Å². The minimum Gasteiger partial charge on any atom is -0.460 e. The fourth-order valence-electron chi connectivity index (χ4n) is 1.98. The molecule has 0 aromatic rings. The normalized spacial score (nSPS) is 14.3. The van der Waals surface area contributed by atoms with E-state index in [0.29, 0.717) is 12.5 Å². The summed E-state index contributed by atoms with van der Waals surface area (Å²) < 4.78 is 5.43. The van der Waals surface area contributed by atoms with Crippen LogP contribution in [0.2, 0.25) is 0 Å². The number of ether oxygens (including phenoxy) is 1. The summed E-state index contributed by atoms with van der Waals surface area (Å²) >= 11 is 0. The van der Waals surface area contributed by atoms with Gasteiger partial charge in [0.1, 0.15) is 6.61 Å². The van der Waals surface area contributed by atoms with Crippen LogP contribution in [-0.2, 0) is 9.53 Å². The number of rotatable bonds is 7. The van der Waals surface area contributed by atoms with Crippen molar-refractivity contribution in [3.8, 4) is 0 Å². The summed E-state index contributed by atoms with van der Waals surface area (Å²) in [6.07, 6.45) is 4.49. The Kier molecular flexibility index (Phi) is 11.0. The minimum absolute atomic E-state index is 0.104. The monoisotopic (exact) mass is 280 g/mol. The smallest absolute Gasteiger partial charge is 0.312 e. The highest BCUT2D eigenvalue weighted by Crippen LogP contribution is 2.35. The van der Waals surface area contributed by atoms with Crippen LogP contribution < -0.4 is 0 Å². The molecule has 0 fully saturated rings. The third kappa shape index (κ3) is 6.74. The lowest BCUT2D eigenvalue weighted by molar-refractivity contribution is -0.157. The first-order chi connectivity index (χ1) is 9.27. The van der Waals surface area contributed by atoms with Gasteiger partial charge in [-0.05, 0) is 37.7 Å². The van der Waals surface area contributed by atoms with Crippen LogP contribution in [0.5, 0.6) is 0 Å². The molecule has 0 saturated heterocycles. The van der Waals surface area contributed by atoms with Crippen molar-refractivity contribution in [1.29, 1.82) is 0 Å². The molecule has 2 heteroatoms. The number of carbonyl (C=O) groups excluding carboxylic acids is 1. The quantitative estimate of drug-likeness (QED) is 0.365. The van der Waals surface area contributed by atoms with Crippen LogP contribution >= 0.6 is 0 Å². The maximum Gasteiger partial charge on any atom is 0.312 e. The molecular weight excluding hydrogens is 248 g/mol. The SMILES string of the molecule is C=C.C=C/C(=C\C)COC(=O)C(C)(CC(C)C)C(C)C. The number of hydrogen-bond acceptors (Lipinski definition) is 2. The van der Waals surface area contributed by atoms with Crippen molar-refractivity contribution in [2.75, 3.05) is 6.61 Å². The molecule has 0 spiro atoms. The van der Waals surface area contributed by atoms with Gasteiger partial charge in [-0.15, -0.1) is 13.2 Å². The Hall–Kier alpha value is -1.31. The maximum absolute atomic E-state index is 12.3. The number of hydrogen-bond donors (Lipinski definition) is 0. The van der Waals surface area contributed by atoms with Gasteiger partial charge >= 0.3 is 5.97 Å². The van der Waals surface area contributed by atoms with Crippen LogP contribution in [0.4, 0.5) is 0 Å². The Morgan fingerprint density at radius 1 is 1.25 bits per heavy atom. The highest BCUT2D eigenvalue weighted by atomic mass is 16.5. The van der Waals surface area contributed by atoms with E-state index in [1.54, 1.807) is 6.08 Å². The van der Waals surface area contributed by atoms with Gasteiger partial charge in [-0.3, -0.25) is 4.79 Å². The van der Waals surface area contributed by atoms with Crippen LogP contribution in [0, 0.1) is 17.3 Å². The molecule has 0 rings (SSSR count). The molecule has 0 saturated carbocycles. The van der Waals surface area contributed by atoms with E-state index < -0.39 is 5.41 Å². The molecule has 2 nitrogen and oxygen atoms in total. The lowest BCUT2D eigenvalue weighted by Crippen LogP contribution is -2.36. The van der Waals surface area contributed by atoms with E-state index in [2.05, 4.69) is 47.4 Å². The second-order valence-electron chi connectivity index (χ2n) is 5.81. The molecule has 1 unspecified atom stereocenters. The van der Waals surface area contributed by atoms with Crippen LogP contribution in [0.1, 0.15) is 48.0 Å². The summed E-state index contributed by atoms with van der Waals surface area (Å²) in [5.74, 6) is 0.642. The molecule has 0 aromatic carbocycles. The zero-order chi connectivity index (χ0) is 16.3. The second kappa shape index (κ2) is 10.5. The molecule has 0 heterocycles. The molecule has 0 N–H and O–H groups in total. The van der Waals surface area contributed by atoms with Gasteiger partial charge in [0.2, 0.25) is 0 Å². The molecular formula is C18H32O2. The average Bonchev–Trinajstić information content (AvgIpc) is 2.40. The van der Waals surface area contributed by atoms with Crippen LogP contribution in [0.25, 0.3) is 0 Å². The van der Waals surface area contributed by atoms with E-state index in [0.717, 1.165) is 12.0 Å². The van der Waals surface area contributed by atoms with E-state index in [4.69, 9.17) is 4.74 Å². The van der Waals surface area contributed by atoms with Gasteiger partial charge in [-0.1, -0.05) is 46.4 Å². The summed E-state index contributed by atoms with van der Waals surface area (Å²) in [5.41, 5.74) is 0.535. The Morgan fingerprint density at radius 3 is 2.05 bits per heavy atom. The first kappa shape index (κ1) is 21.0. The summed E-state index contributed by atoms with van der Waals surface area (Å²) in [6.45, 7) is 22.4. The molecule has 20 heavy (non-hydrogen) atoms. The molecule has 0 aliphatic rings. The van der Waals surface area contributed by atoms with Crippen LogP contribution in [0.15, 0.2) is 37.5 Å². The zero-order valence-electron chi connectivity index (χ0n) is 14.2. The Balaban J connectivity index is 0. The maximum atomic E-state index is 12.3. The van der Waals surface area contributed by atoms with Crippen molar-refractivity contribution < 1.29 is 9.53 Å².